The first-order valence-corrected chi connectivity index (χ1v) is 50.6. The lowest BCUT2D eigenvalue weighted by molar-refractivity contribution is 0.385. The molecular weight excluding hydrogens is 1880 g/mol. The molecule has 710 valence electrons. The van der Waals surface area contributed by atoms with Crippen molar-refractivity contribution in [1.82, 2.24) is 103 Å². The Balaban J connectivity index is 0.000000130. The van der Waals surface area contributed by atoms with Gasteiger partial charge in [-0.3, -0.25) is 24.9 Å². The summed E-state index contributed by atoms with van der Waals surface area (Å²) in [6.45, 7) is 1.25. The zero-order valence-electron chi connectivity index (χ0n) is 76.5. The quantitative estimate of drug-likeness (QED) is 0.0354. The summed E-state index contributed by atoms with van der Waals surface area (Å²) < 4.78 is 139. The first kappa shape index (κ1) is 95.3. The number of fused-ring (bicyclic) bond motifs is 4. The minimum atomic E-state index is -3.60. The molecule has 0 unspecified atom stereocenters. The van der Waals surface area contributed by atoms with Gasteiger partial charge in [0.25, 0.3) is 0 Å². The Hall–Kier alpha value is -17.4. The van der Waals surface area contributed by atoms with Gasteiger partial charge in [0.1, 0.15) is 37.7 Å². The van der Waals surface area contributed by atoms with Crippen LogP contribution in [-0.4, -0.2) is 190 Å². The number of sulfone groups is 4. The molecule has 0 saturated carbocycles. The molecule has 20 rings (SSSR count). The van der Waals surface area contributed by atoms with Crippen LogP contribution in [0.15, 0.2) is 325 Å². The highest BCUT2D eigenvalue weighted by Crippen LogP contribution is 2.39. The molecule has 20 aromatic rings. The first-order valence-electron chi connectivity index (χ1n) is 43.0. The summed E-state index contributed by atoms with van der Waals surface area (Å²) in [7, 11) is -8.19. The zero-order valence-corrected chi connectivity index (χ0v) is 79.8. The van der Waals surface area contributed by atoms with E-state index in [0.29, 0.717) is 99.9 Å². The lowest BCUT2D eigenvalue weighted by Gasteiger charge is -2.13. The van der Waals surface area contributed by atoms with Gasteiger partial charge in [0.15, 0.2) is 85.9 Å². The molecule has 0 bridgehead atoms. The number of anilines is 4. The third-order valence-electron chi connectivity index (χ3n) is 21.7. The number of pyridine rings is 7. The molecule has 4 aromatic carbocycles. The molecular formula is C99H86FN25O12S4. The molecule has 0 radical (unpaired) electrons. The monoisotopic (exact) mass is 1960 g/mol. The van der Waals surface area contributed by atoms with E-state index in [9.17, 15) is 38.1 Å². The lowest BCUT2D eigenvalue weighted by Crippen LogP contribution is -2.09. The highest BCUT2D eigenvalue weighted by Gasteiger charge is 2.27. The molecule has 141 heavy (non-hydrogen) atoms. The van der Waals surface area contributed by atoms with Gasteiger partial charge in [0, 0.05) is 162 Å². The molecule has 42 heteroatoms. The molecule has 4 N–H and O–H groups in total. The summed E-state index contributed by atoms with van der Waals surface area (Å²) in [6.07, 6.45) is 26.8. The van der Waals surface area contributed by atoms with Crippen molar-refractivity contribution >= 4 is 84.7 Å². The second-order valence-electron chi connectivity index (χ2n) is 31.4. The number of nitrogens with one attached hydrogen (secondary N) is 4. The number of rotatable bonds is 28. The van der Waals surface area contributed by atoms with Gasteiger partial charge in [-0.1, -0.05) is 133 Å². The SMILES string of the molecule is COc1cccc(CNc2nc(-c3cnc(OC)c(S(C)(=O)=O)c3)nn3ccc(-c4ccccc4)c23)n1.COc1cccc(CNc2nc(-c3cncc(S(C)(=O)=O)c3)nn3ccc(-c4ccccc4)c23)n1.COc1ncc(-c2nc(NCc3cnccn3)c3c(-c4ccccc4)ccn3n2)cc1S(C)(=O)=O.CS(=O)(=O)c1cncc(-c2nc(NCc3ncccc3F)c3c(-c4ccccc4)ccn3n2)c1. The fourth-order valence-corrected chi connectivity index (χ4v) is 17.7. The topological polar surface area (TPSA) is 458 Å². The molecule has 0 fully saturated rings. The van der Waals surface area contributed by atoms with Crippen LogP contribution in [0.2, 0.25) is 0 Å². The summed E-state index contributed by atoms with van der Waals surface area (Å²) in [5.41, 5.74) is 15.1. The third-order valence-corrected chi connectivity index (χ3v) is 26.0. The Morgan fingerprint density at radius 3 is 0.965 bits per heavy atom. The van der Waals surface area contributed by atoms with E-state index in [4.69, 9.17) is 33.9 Å². The standard InChI is InChI=1S/C26H24N6O4S.C25H22N6O3S.C24H19FN6O2S.C24H21N7O3S/c1-35-22-11-7-10-19(29-22)16-27-25-23-20(17-8-5-4-6-9-17)12-13-32(23)31-24(30-25)18-14-21(37(3,33)34)26(36-2)28-15-18;1-34-22-10-6-9-19(28-22)15-27-25-23-21(17-7-4-3-5-8-17)11-12-31(23)30-24(29-25)18-13-20(16-26-14-18)35(2,32)33;1-34(32,33)18-12-17(13-26-14-18)23-29-24(28-15-21-20(25)8-5-10-27-21)22-19(9-11-31(22)30-23)16-6-3-2-4-7-16;1-34-24-20(35(2,32)33)12-17(13-28-24)22-29-23(27-15-18-14-25-9-10-26-18)21-19(8-11-31(21)30-22)16-6-4-3-5-7-16/h4-15H,16H2,1-3H3,(H,27,30,31);3-14,16H,15H2,1-2H3,(H,27,29,30);2-14H,15H2,1H3,(H,28,29,30);3-14H,15H2,1-2H3,(H,27,29,30). The minimum absolute atomic E-state index is 0.0158. The summed E-state index contributed by atoms with van der Waals surface area (Å²) in [5.74, 6) is 3.98. The van der Waals surface area contributed by atoms with Crippen LogP contribution in [0.5, 0.6) is 23.5 Å². The molecule has 0 aliphatic heterocycles. The summed E-state index contributed by atoms with van der Waals surface area (Å²) >= 11 is 0. The second kappa shape index (κ2) is 41.7. The zero-order chi connectivity index (χ0) is 98.5. The van der Waals surface area contributed by atoms with Crippen LogP contribution in [0.3, 0.4) is 0 Å². The second-order valence-corrected chi connectivity index (χ2v) is 39.4. The average molecular weight is 1970 g/mol. The summed E-state index contributed by atoms with van der Waals surface area (Å²) in [5, 5.41) is 31.8. The van der Waals surface area contributed by atoms with Gasteiger partial charge in [0.2, 0.25) is 23.5 Å². The number of hydrogen-bond donors (Lipinski definition) is 4. The van der Waals surface area contributed by atoms with E-state index >= 15 is 0 Å². The van der Waals surface area contributed by atoms with Crippen molar-refractivity contribution in [2.75, 3.05) is 74.7 Å². The minimum Gasteiger partial charge on any atom is -0.481 e. The van der Waals surface area contributed by atoms with Crippen LogP contribution in [0, 0.1) is 5.82 Å². The van der Waals surface area contributed by atoms with E-state index in [1.165, 1.54) is 87.8 Å². The van der Waals surface area contributed by atoms with Crippen LogP contribution in [0.25, 0.3) is 112 Å². The van der Waals surface area contributed by atoms with Gasteiger partial charge in [-0.25, -0.2) is 96.0 Å². The predicted molar refractivity (Wildman–Crippen MR) is 529 cm³/mol. The van der Waals surface area contributed by atoms with Crippen molar-refractivity contribution in [3.05, 3.63) is 334 Å². The Bertz CT molecular complexity index is 8440. The fourth-order valence-electron chi connectivity index (χ4n) is 14.9. The van der Waals surface area contributed by atoms with E-state index < -0.39 is 45.2 Å². The largest absolute Gasteiger partial charge is 0.481 e. The van der Waals surface area contributed by atoms with Crippen molar-refractivity contribution in [2.45, 2.75) is 45.8 Å². The number of nitrogens with zero attached hydrogens (tertiary/aromatic N) is 21. The number of methoxy groups -OCH3 is 4. The molecule has 37 nitrogen and oxygen atoms in total. The van der Waals surface area contributed by atoms with Crippen molar-refractivity contribution in [1.29, 1.82) is 0 Å². The maximum atomic E-state index is 14.2. The van der Waals surface area contributed by atoms with Crippen molar-refractivity contribution in [2.24, 2.45) is 0 Å². The van der Waals surface area contributed by atoms with Gasteiger partial charge < -0.3 is 40.2 Å². The number of aromatic nitrogens is 21. The van der Waals surface area contributed by atoms with Crippen LogP contribution in [-0.2, 0) is 65.5 Å². The van der Waals surface area contributed by atoms with Crippen LogP contribution in [0.4, 0.5) is 27.7 Å². The highest BCUT2D eigenvalue weighted by molar-refractivity contribution is 7.91. The lowest BCUT2D eigenvalue weighted by atomic mass is 10.1. The molecule has 0 atom stereocenters. The highest BCUT2D eigenvalue weighted by atomic mass is 32.2. The first-order chi connectivity index (χ1) is 68.1. The van der Waals surface area contributed by atoms with Crippen LogP contribution in [0.1, 0.15) is 22.8 Å². The molecule has 0 amide bonds. The fraction of sp³-hybridized carbons (Fsp3) is 0.121. The number of ether oxygens (including phenoxy) is 4. The molecule has 0 spiro atoms. The third kappa shape index (κ3) is 22.2. The Morgan fingerprint density at radius 1 is 0.298 bits per heavy atom. The Kier molecular flexibility index (Phi) is 28.2. The Morgan fingerprint density at radius 2 is 0.645 bits per heavy atom. The van der Waals surface area contributed by atoms with Gasteiger partial charge in [0.05, 0.1) is 93.4 Å². The summed E-state index contributed by atoms with van der Waals surface area (Å²) in [6, 6.07) is 67.3. The van der Waals surface area contributed by atoms with Crippen molar-refractivity contribution < 1.29 is 57.0 Å². The van der Waals surface area contributed by atoms with E-state index in [1.54, 1.807) is 75.4 Å². The molecule has 16 heterocycles. The van der Waals surface area contributed by atoms with Gasteiger partial charge >= 0.3 is 0 Å². The van der Waals surface area contributed by atoms with Crippen LogP contribution >= 0.6 is 0 Å². The predicted octanol–water partition coefficient (Wildman–Crippen LogP) is 15.0. The number of halogens is 1. The van der Waals surface area contributed by atoms with E-state index in [1.807, 2.05) is 188 Å². The van der Waals surface area contributed by atoms with Gasteiger partial charge in [-0.2, -0.15) is 0 Å². The van der Waals surface area contributed by atoms with E-state index in [0.717, 1.165) is 103 Å². The maximum Gasteiger partial charge on any atom is 0.232 e. The van der Waals surface area contributed by atoms with Gasteiger partial charge in [-0.15, -0.1) is 20.4 Å². The van der Waals surface area contributed by atoms with E-state index in [2.05, 4.69) is 91.5 Å². The smallest absolute Gasteiger partial charge is 0.232 e. The summed E-state index contributed by atoms with van der Waals surface area (Å²) in [4.78, 5) is 57.0. The molecule has 0 saturated heterocycles. The number of benzene rings is 4. The molecule has 0 aliphatic carbocycles. The average Bonchev–Trinajstić information content (AvgIpc) is 1.66. The van der Waals surface area contributed by atoms with Crippen LogP contribution < -0.4 is 40.2 Å². The molecule has 0 aliphatic rings. The normalized spacial score (nSPS) is 11.5. The maximum absolute atomic E-state index is 14.2. The van der Waals surface area contributed by atoms with Crippen molar-refractivity contribution in [3.8, 4) is 114 Å². The molecule has 16 aromatic heterocycles. The van der Waals surface area contributed by atoms with Gasteiger partial charge in [-0.05, 0) is 95.1 Å². The van der Waals surface area contributed by atoms with E-state index in [-0.39, 0.29) is 49.4 Å². The van der Waals surface area contributed by atoms with Crippen molar-refractivity contribution in [3.63, 3.8) is 0 Å². The Labute approximate surface area is 807 Å². The number of hydrogen-bond acceptors (Lipinski definition) is 33.